The molecule has 2 amide bonds. The minimum absolute atomic E-state index is 0.128. The van der Waals surface area contributed by atoms with Gasteiger partial charge < -0.3 is 16.4 Å². The minimum Gasteiger partial charge on any atom is -0.350 e. The molecule has 0 radical (unpaired) electrons. The van der Waals surface area contributed by atoms with Crippen molar-refractivity contribution in [3.63, 3.8) is 0 Å². The van der Waals surface area contributed by atoms with Crippen LogP contribution in [0.5, 0.6) is 0 Å². The number of hydrogen-bond acceptors (Lipinski definition) is 3. The third kappa shape index (κ3) is 7.92. The molecule has 0 aliphatic carbocycles. The number of amides is 2. The molecule has 0 aromatic heterocycles. The summed E-state index contributed by atoms with van der Waals surface area (Å²) in [6, 6.07) is 9.35. The number of aryl methyl sites for hydroxylation is 1. The molecule has 4 N–H and O–H groups in total. The van der Waals surface area contributed by atoms with E-state index in [0.29, 0.717) is 6.42 Å². The van der Waals surface area contributed by atoms with E-state index >= 15 is 0 Å². The standard InChI is InChI=1S/C19H29N3O2/c1-4-14(2)21-18(23)13-12-17(22-19(24)15(3)20)11-10-16-8-6-5-7-9-16/h5-9,12-15,17H,4,10-11,20H2,1-3H3,(H,21,23)(H,22,24)/t14?,15-,17-/m0/s1. The molecule has 0 bridgehead atoms. The molecule has 5 heteroatoms. The first-order valence-electron chi connectivity index (χ1n) is 8.51. The molecule has 0 fully saturated rings. The summed E-state index contributed by atoms with van der Waals surface area (Å²) in [6.07, 6.45) is 5.61. The van der Waals surface area contributed by atoms with E-state index in [1.54, 1.807) is 13.0 Å². The van der Waals surface area contributed by atoms with Crippen LogP contribution in [0.15, 0.2) is 42.5 Å². The Bertz CT molecular complexity index is 541. The van der Waals surface area contributed by atoms with Gasteiger partial charge in [0.15, 0.2) is 0 Å². The lowest BCUT2D eigenvalue weighted by atomic mass is 10.0. The Morgan fingerprint density at radius 2 is 1.83 bits per heavy atom. The molecule has 5 nitrogen and oxygen atoms in total. The van der Waals surface area contributed by atoms with Crippen LogP contribution < -0.4 is 16.4 Å². The van der Waals surface area contributed by atoms with Gasteiger partial charge in [0.25, 0.3) is 0 Å². The van der Waals surface area contributed by atoms with Crippen LogP contribution in [-0.2, 0) is 16.0 Å². The van der Waals surface area contributed by atoms with Crippen LogP contribution in [0.2, 0.25) is 0 Å². The second-order valence-electron chi connectivity index (χ2n) is 6.11. The third-order valence-electron chi connectivity index (χ3n) is 3.81. The summed E-state index contributed by atoms with van der Waals surface area (Å²) in [6.45, 7) is 5.61. The number of carbonyl (C=O) groups is 2. The lowest BCUT2D eigenvalue weighted by Gasteiger charge is -2.17. The zero-order valence-corrected chi connectivity index (χ0v) is 14.8. The summed E-state index contributed by atoms with van der Waals surface area (Å²) in [5, 5.41) is 5.75. The topological polar surface area (TPSA) is 84.2 Å². The van der Waals surface area contributed by atoms with Crippen LogP contribution in [0.25, 0.3) is 0 Å². The number of benzene rings is 1. The molecule has 0 saturated carbocycles. The van der Waals surface area contributed by atoms with Gasteiger partial charge in [0.1, 0.15) is 0 Å². The van der Waals surface area contributed by atoms with Gasteiger partial charge in [-0.15, -0.1) is 0 Å². The summed E-state index contributed by atoms with van der Waals surface area (Å²) in [7, 11) is 0. The van der Waals surface area contributed by atoms with E-state index < -0.39 is 6.04 Å². The molecule has 3 atom stereocenters. The van der Waals surface area contributed by atoms with Crippen molar-refractivity contribution in [2.75, 3.05) is 0 Å². The third-order valence-corrected chi connectivity index (χ3v) is 3.81. The van der Waals surface area contributed by atoms with E-state index in [1.165, 1.54) is 11.6 Å². The van der Waals surface area contributed by atoms with Crippen molar-refractivity contribution in [3.8, 4) is 0 Å². The lowest BCUT2D eigenvalue weighted by molar-refractivity contribution is -0.122. The Kier molecular flexibility index (Phi) is 8.79. The van der Waals surface area contributed by atoms with Crippen molar-refractivity contribution in [1.29, 1.82) is 0 Å². The Balaban J connectivity index is 2.66. The van der Waals surface area contributed by atoms with Crippen LogP contribution in [0.1, 0.15) is 39.2 Å². The smallest absolute Gasteiger partial charge is 0.243 e. The van der Waals surface area contributed by atoms with Gasteiger partial charge in [-0.1, -0.05) is 43.3 Å². The first-order valence-corrected chi connectivity index (χ1v) is 8.51. The number of rotatable bonds is 9. The highest BCUT2D eigenvalue weighted by atomic mass is 16.2. The molecular formula is C19H29N3O2. The highest BCUT2D eigenvalue weighted by Crippen LogP contribution is 2.06. The molecule has 0 saturated heterocycles. The van der Waals surface area contributed by atoms with Gasteiger partial charge in [-0.2, -0.15) is 0 Å². The molecule has 0 aliphatic heterocycles. The van der Waals surface area contributed by atoms with Gasteiger partial charge in [-0.25, -0.2) is 0 Å². The van der Waals surface area contributed by atoms with Gasteiger partial charge in [0, 0.05) is 18.2 Å². The van der Waals surface area contributed by atoms with Crippen LogP contribution >= 0.6 is 0 Å². The number of nitrogens with one attached hydrogen (secondary N) is 2. The largest absolute Gasteiger partial charge is 0.350 e. The fraction of sp³-hybridized carbons (Fsp3) is 0.474. The van der Waals surface area contributed by atoms with E-state index in [4.69, 9.17) is 5.73 Å². The summed E-state index contributed by atoms with van der Waals surface area (Å²) >= 11 is 0. The van der Waals surface area contributed by atoms with Crippen molar-refractivity contribution in [1.82, 2.24) is 10.6 Å². The quantitative estimate of drug-likeness (QED) is 0.605. The predicted octanol–water partition coefficient (Wildman–Crippen LogP) is 1.92. The Hall–Kier alpha value is -2.14. The van der Waals surface area contributed by atoms with E-state index in [2.05, 4.69) is 10.6 Å². The van der Waals surface area contributed by atoms with Gasteiger partial charge in [-0.3, -0.25) is 9.59 Å². The van der Waals surface area contributed by atoms with E-state index in [9.17, 15) is 9.59 Å². The zero-order valence-electron chi connectivity index (χ0n) is 14.8. The first kappa shape index (κ1) is 19.9. The molecule has 1 aromatic carbocycles. The number of carbonyl (C=O) groups excluding carboxylic acids is 2. The molecule has 0 spiro atoms. The van der Waals surface area contributed by atoms with Gasteiger partial charge in [0.2, 0.25) is 11.8 Å². The minimum atomic E-state index is -0.577. The zero-order chi connectivity index (χ0) is 17.9. The van der Waals surface area contributed by atoms with Crippen LogP contribution in [0.4, 0.5) is 0 Å². The lowest BCUT2D eigenvalue weighted by Crippen LogP contribution is -2.43. The SMILES string of the molecule is CCC(C)NC(=O)C=C[C@H](CCc1ccccc1)NC(=O)[C@H](C)N. The highest BCUT2D eigenvalue weighted by Gasteiger charge is 2.13. The van der Waals surface area contributed by atoms with Gasteiger partial charge in [0.05, 0.1) is 6.04 Å². The average molecular weight is 331 g/mol. The monoisotopic (exact) mass is 331 g/mol. The highest BCUT2D eigenvalue weighted by molar-refractivity contribution is 5.88. The van der Waals surface area contributed by atoms with Crippen molar-refractivity contribution in [3.05, 3.63) is 48.0 Å². The Labute approximate surface area is 144 Å². The Morgan fingerprint density at radius 1 is 1.17 bits per heavy atom. The van der Waals surface area contributed by atoms with E-state index in [-0.39, 0.29) is 23.9 Å². The summed E-state index contributed by atoms with van der Waals surface area (Å²) < 4.78 is 0. The maximum absolute atomic E-state index is 11.9. The molecule has 1 aromatic rings. The van der Waals surface area contributed by atoms with Crippen LogP contribution in [-0.4, -0.2) is 29.9 Å². The Morgan fingerprint density at radius 3 is 2.42 bits per heavy atom. The van der Waals surface area contributed by atoms with Crippen molar-refractivity contribution >= 4 is 11.8 Å². The first-order chi connectivity index (χ1) is 11.4. The van der Waals surface area contributed by atoms with Crippen LogP contribution in [0.3, 0.4) is 0 Å². The van der Waals surface area contributed by atoms with E-state index in [0.717, 1.165) is 12.8 Å². The molecule has 24 heavy (non-hydrogen) atoms. The average Bonchev–Trinajstić information content (AvgIpc) is 2.57. The number of nitrogens with two attached hydrogens (primary N) is 1. The fourth-order valence-electron chi connectivity index (χ4n) is 2.09. The molecule has 132 valence electrons. The summed E-state index contributed by atoms with van der Waals surface area (Å²) in [5.41, 5.74) is 6.81. The van der Waals surface area contributed by atoms with Gasteiger partial charge >= 0.3 is 0 Å². The molecule has 0 heterocycles. The second-order valence-corrected chi connectivity index (χ2v) is 6.11. The predicted molar refractivity (Wildman–Crippen MR) is 97.4 cm³/mol. The van der Waals surface area contributed by atoms with Crippen LogP contribution in [0, 0.1) is 0 Å². The number of hydrogen-bond donors (Lipinski definition) is 3. The molecule has 0 aliphatic rings. The van der Waals surface area contributed by atoms with Gasteiger partial charge in [-0.05, 0) is 38.7 Å². The molecular weight excluding hydrogens is 302 g/mol. The fourth-order valence-corrected chi connectivity index (χ4v) is 2.09. The van der Waals surface area contributed by atoms with Crippen molar-refractivity contribution < 1.29 is 9.59 Å². The van der Waals surface area contributed by atoms with E-state index in [1.807, 2.05) is 44.2 Å². The molecule has 1 rings (SSSR count). The summed E-state index contributed by atoms with van der Waals surface area (Å²) in [4.78, 5) is 23.7. The normalized spacial score (nSPS) is 14.8. The van der Waals surface area contributed by atoms with Crippen molar-refractivity contribution in [2.24, 2.45) is 5.73 Å². The second kappa shape index (κ2) is 10.6. The maximum Gasteiger partial charge on any atom is 0.243 e. The van der Waals surface area contributed by atoms with Crippen molar-refractivity contribution in [2.45, 2.75) is 58.2 Å². The molecule has 1 unspecified atom stereocenters. The summed E-state index contributed by atoms with van der Waals surface area (Å²) in [5.74, 6) is -0.371. The maximum atomic E-state index is 11.9.